The highest BCUT2D eigenvalue weighted by Crippen LogP contribution is 2.25. The molecule has 1 N–H and O–H groups in total. The Morgan fingerprint density at radius 3 is 1.94 bits per heavy atom. The molecule has 3 rings (SSSR count). The second-order valence-corrected chi connectivity index (χ2v) is 12.2. The van der Waals surface area contributed by atoms with Gasteiger partial charge in [0.2, 0.25) is 5.91 Å². The Bertz CT molecular complexity index is 1370. The summed E-state index contributed by atoms with van der Waals surface area (Å²) in [6.07, 6.45) is 1.12. The molecule has 34 heavy (non-hydrogen) atoms. The lowest BCUT2D eigenvalue weighted by molar-refractivity contribution is -0.120. The van der Waals surface area contributed by atoms with Crippen molar-refractivity contribution in [1.29, 1.82) is 0 Å². The van der Waals surface area contributed by atoms with E-state index >= 15 is 0 Å². The zero-order valence-electron chi connectivity index (χ0n) is 18.9. The van der Waals surface area contributed by atoms with Crippen molar-refractivity contribution in [3.63, 3.8) is 0 Å². The summed E-state index contributed by atoms with van der Waals surface area (Å²) < 4.78 is 51.2. The summed E-state index contributed by atoms with van der Waals surface area (Å²) in [4.78, 5) is 13.1. The van der Waals surface area contributed by atoms with E-state index in [9.17, 15) is 21.6 Å². The predicted octanol–water partition coefficient (Wildman–Crippen LogP) is 4.12. The standard InChI is InChI=1S/C24H25ClN2O5S2/c1-17-4-12-23(13-5-17)34(31,32)27(21-10-8-20(25)9-11-21)16-24(28)26-18(2)19-6-14-22(15-7-19)33(3,29)30/h4-15,18H,16H2,1-3H3,(H,26,28)/t18-/m1/s1. The van der Waals surface area contributed by atoms with Crippen molar-refractivity contribution in [2.75, 3.05) is 17.1 Å². The van der Waals surface area contributed by atoms with E-state index in [-0.39, 0.29) is 9.79 Å². The molecule has 0 heterocycles. The van der Waals surface area contributed by atoms with Crippen molar-refractivity contribution >= 4 is 43.1 Å². The van der Waals surface area contributed by atoms with E-state index < -0.39 is 38.4 Å². The number of hydrogen-bond donors (Lipinski definition) is 1. The Morgan fingerprint density at radius 2 is 1.41 bits per heavy atom. The van der Waals surface area contributed by atoms with Gasteiger partial charge in [-0.3, -0.25) is 9.10 Å². The van der Waals surface area contributed by atoms with E-state index in [0.29, 0.717) is 16.3 Å². The van der Waals surface area contributed by atoms with E-state index in [1.807, 2.05) is 6.92 Å². The minimum absolute atomic E-state index is 0.0604. The normalized spacial score (nSPS) is 12.7. The van der Waals surface area contributed by atoms with Crippen molar-refractivity contribution in [2.45, 2.75) is 29.7 Å². The maximum atomic E-state index is 13.4. The first kappa shape index (κ1) is 25.7. The van der Waals surface area contributed by atoms with Crippen LogP contribution in [0.4, 0.5) is 5.69 Å². The number of sulfonamides is 1. The third-order valence-electron chi connectivity index (χ3n) is 5.20. The highest BCUT2D eigenvalue weighted by Gasteiger charge is 2.27. The molecule has 0 saturated carbocycles. The minimum Gasteiger partial charge on any atom is -0.348 e. The van der Waals surface area contributed by atoms with Crippen LogP contribution >= 0.6 is 11.6 Å². The van der Waals surface area contributed by atoms with Gasteiger partial charge in [0.05, 0.1) is 21.5 Å². The molecule has 0 aliphatic rings. The Labute approximate surface area is 205 Å². The van der Waals surface area contributed by atoms with E-state index in [2.05, 4.69) is 5.32 Å². The first-order chi connectivity index (χ1) is 15.9. The van der Waals surface area contributed by atoms with Crippen molar-refractivity contribution in [3.8, 4) is 0 Å². The molecule has 10 heteroatoms. The summed E-state index contributed by atoms with van der Waals surface area (Å²) in [5, 5.41) is 3.22. The lowest BCUT2D eigenvalue weighted by Gasteiger charge is -2.25. The predicted molar refractivity (Wildman–Crippen MR) is 133 cm³/mol. The molecule has 0 saturated heterocycles. The van der Waals surface area contributed by atoms with Crippen molar-refractivity contribution < 1.29 is 21.6 Å². The largest absolute Gasteiger partial charge is 0.348 e. The van der Waals surface area contributed by atoms with Gasteiger partial charge in [0, 0.05) is 11.3 Å². The van der Waals surface area contributed by atoms with Gasteiger partial charge >= 0.3 is 0 Å². The molecule has 0 unspecified atom stereocenters. The molecule has 1 atom stereocenters. The number of rotatable bonds is 8. The molecule has 1 amide bonds. The topological polar surface area (TPSA) is 101 Å². The zero-order valence-corrected chi connectivity index (χ0v) is 21.3. The summed E-state index contributed by atoms with van der Waals surface area (Å²) >= 11 is 5.96. The number of carbonyl (C=O) groups is 1. The van der Waals surface area contributed by atoms with Gasteiger partial charge in [-0.2, -0.15) is 0 Å². The molecule has 0 aliphatic carbocycles. The van der Waals surface area contributed by atoms with Gasteiger partial charge in [0.15, 0.2) is 9.84 Å². The molecule has 3 aromatic rings. The average Bonchev–Trinajstić information content (AvgIpc) is 2.78. The highest BCUT2D eigenvalue weighted by molar-refractivity contribution is 7.93. The fraction of sp³-hybridized carbons (Fsp3) is 0.208. The number of carbonyl (C=O) groups excluding carboxylic acids is 1. The molecule has 0 aromatic heterocycles. The Morgan fingerprint density at radius 1 is 0.882 bits per heavy atom. The smallest absolute Gasteiger partial charge is 0.264 e. The van der Waals surface area contributed by atoms with Crippen LogP contribution in [0.1, 0.15) is 24.1 Å². The Balaban J connectivity index is 1.85. The van der Waals surface area contributed by atoms with E-state index in [4.69, 9.17) is 11.6 Å². The Hall–Kier alpha value is -2.88. The first-order valence-electron chi connectivity index (χ1n) is 10.3. The molecular formula is C24H25ClN2O5S2. The zero-order chi connectivity index (χ0) is 25.1. The molecule has 3 aromatic carbocycles. The summed E-state index contributed by atoms with van der Waals surface area (Å²) in [6, 6.07) is 18.2. The molecule has 0 spiro atoms. The number of hydrogen-bond acceptors (Lipinski definition) is 5. The quantitative estimate of drug-likeness (QED) is 0.481. The van der Waals surface area contributed by atoms with E-state index in [1.165, 1.54) is 36.4 Å². The van der Waals surface area contributed by atoms with E-state index in [1.54, 1.807) is 43.3 Å². The monoisotopic (exact) mass is 520 g/mol. The van der Waals surface area contributed by atoms with Gasteiger partial charge in [-0.1, -0.05) is 41.4 Å². The van der Waals surface area contributed by atoms with Crippen LogP contribution < -0.4 is 9.62 Å². The van der Waals surface area contributed by atoms with Crippen LogP contribution in [0.25, 0.3) is 0 Å². The molecule has 7 nitrogen and oxygen atoms in total. The Kier molecular flexibility index (Phi) is 7.70. The highest BCUT2D eigenvalue weighted by atomic mass is 35.5. The summed E-state index contributed by atoms with van der Waals surface area (Å²) in [7, 11) is -7.37. The van der Waals surface area contributed by atoms with Crippen LogP contribution in [0.15, 0.2) is 82.6 Å². The number of anilines is 1. The van der Waals surface area contributed by atoms with Crippen LogP contribution in [0.5, 0.6) is 0 Å². The van der Waals surface area contributed by atoms with Crippen LogP contribution in [0, 0.1) is 6.92 Å². The van der Waals surface area contributed by atoms with Crippen LogP contribution in [0.3, 0.4) is 0 Å². The van der Waals surface area contributed by atoms with Gasteiger partial charge in [-0.25, -0.2) is 16.8 Å². The van der Waals surface area contributed by atoms with Crippen molar-refractivity contribution in [3.05, 3.63) is 88.9 Å². The lowest BCUT2D eigenvalue weighted by atomic mass is 10.1. The number of benzene rings is 3. The number of nitrogens with one attached hydrogen (secondary N) is 1. The van der Waals surface area contributed by atoms with Gasteiger partial charge < -0.3 is 5.32 Å². The third-order valence-corrected chi connectivity index (χ3v) is 8.37. The number of nitrogens with zero attached hydrogens (tertiary/aromatic N) is 1. The SMILES string of the molecule is Cc1ccc(S(=O)(=O)N(CC(=O)N[C@H](C)c2ccc(S(C)(=O)=O)cc2)c2ccc(Cl)cc2)cc1. The van der Waals surface area contributed by atoms with Crippen LogP contribution in [-0.2, 0) is 24.7 Å². The molecule has 0 aliphatic heterocycles. The first-order valence-corrected chi connectivity index (χ1v) is 14.0. The molecular weight excluding hydrogens is 496 g/mol. The van der Waals surface area contributed by atoms with Crippen LogP contribution in [0.2, 0.25) is 5.02 Å². The van der Waals surface area contributed by atoms with Gasteiger partial charge in [-0.05, 0) is 67.9 Å². The van der Waals surface area contributed by atoms with Crippen LogP contribution in [-0.4, -0.2) is 35.5 Å². The number of sulfone groups is 1. The van der Waals surface area contributed by atoms with Crippen molar-refractivity contribution in [2.24, 2.45) is 0 Å². The minimum atomic E-state index is -4.04. The summed E-state index contributed by atoms with van der Waals surface area (Å²) in [6.45, 7) is 3.13. The van der Waals surface area contributed by atoms with Gasteiger partial charge in [0.25, 0.3) is 10.0 Å². The van der Waals surface area contributed by atoms with Gasteiger partial charge in [0.1, 0.15) is 6.54 Å². The average molecular weight is 521 g/mol. The second-order valence-electron chi connectivity index (χ2n) is 7.93. The lowest BCUT2D eigenvalue weighted by Crippen LogP contribution is -2.41. The molecule has 0 radical (unpaired) electrons. The van der Waals surface area contributed by atoms with E-state index in [0.717, 1.165) is 16.1 Å². The summed E-state index contributed by atoms with van der Waals surface area (Å²) in [5.74, 6) is -0.523. The molecule has 0 fully saturated rings. The number of halogens is 1. The van der Waals surface area contributed by atoms with Gasteiger partial charge in [-0.15, -0.1) is 0 Å². The fourth-order valence-electron chi connectivity index (χ4n) is 3.26. The maximum Gasteiger partial charge on any atom is 0.264 e. The molecule has 0 bridgehead atoms. The second kappa shape index (κ2) is 10.2. The maximum absolute atomic E-state index is 13.4. The molecule has 180 valence electrons. The summed E-state index contributed by atoms with van der Waals surface area (Å²) in [5.41, 5.74) is 1.89. The van der Waals surface area contributed by atoms with Crippen molar-refractivity contribution in [1.82, 2.24) is 5.32 Å². The number of amides is 1. The number of aryl methyl sites for hydroxylation is 1. The third kappa shape index (κ3) is 6.16. The fourth-order valence-corrected chi connectivity index (χ4v) is 5.44.